The Kier molecular flexibility index (Phi) is 0.630. The van der Waals surface area contributed by atoms with Crippen molar-refractivity contribution < 1.29 is 4.11 Å². The first-order valence-electron chi connectivity index (χ1n) is 2.23. The van der Waals surface area contributed by atoms with Gasteiger partial charge in [-0.05, 0) is 6.85 Å². The molecule has 0 heterocycles. The average Bonchev–Trinajstić information content (AvgIpc) is 1.31. The second-order valence-electron chi connectivity index (χ2n) is 0.301. The molecular formula is C2H4Cl2. The Labute approximate surface area is 39.9 Å². The van der Waals surface area contributed by atoms with Gasteiger partial charge in [-0.2, -0.15) is 0 Å². The van der Waals surface area contributed by atoms with Crippen LogP contribution in [0.2, 0.25) is 0 Å². The van der Waals surface area contributed by atoms with E-state index in [0.29, 0.717) is 0 Å². The van der Waals surface area contributed by atoms with E-state index < -0.39 is 11.7 Å². The van der Waals surface area contributed by atoms with Gasteiger partial charge < -0.3 is 0 Å². The Morgan fingerprint density at radius 1 is 2.00 bits per heavy atom. The van der Waals surface area contributed by atoms with Crippen LogP contribution in [0.25, 0.3) is 0 Å². The Bertz CT molecular complexity index is 56.4. The predicted octanol–water partition coefficient (Wildman–Crippen LogP) is 1.81. The maximum atomic E-state index is 6.46. The lowest BCUT2D eigenvalue weighted by atomic mass is 11.0. The summed E-state index contributed by atoms with van der Waals surface area (Å²) >= 11 is 9.91. The number of alkyl halides is 2. The van der Waals surface area contributed by atoms with Crippen LogP contribution in [-0.4, -0.2) is 4.84 Å². The molecule has 0 rings (SSSR count). The van der Waals surface area contributed by atoms with E-state index in [2.05, 4.69) is 0 Å². The van der Waals surface area contributed by atoms with Gasteiger partial charge in [0.25, 0.3) is 0 Å². The second-order valence-corrected chi connectivity index (χ2v) is 1.40. The molecule has 0 spiro atoms. The van der Waals surface area contributed by atoms with Gasteiger partial charge in [0.2, 0.25) is 0 Å². The fraction of sp³-hybridized carbons (Fsp3) is 1.00. The summed E-state index contributed by atoms with van der Waals surface area (Å²) in [5.41, 5.74) is 0. The van der Waals surface area contributed by atoms with Crippen molar-refractivity contribution in [2.45, 2.75) is 11.7 Å². The van der Waals surface area contributed by atoms with Crippen LogP contribution in [0.4, 0.5) is 0 Å². The van der Waals surface area contributed by atoms with E-state index in [-0.39, 0.29) is 0 Å². The molecular weight excluding hydrogens is 94.9 g/mol. The van der Waals surface area contributed by atoms with Crippen molar-refractivity contribution in [3.8, 4) is 0 Å². The van der Waals surface area contributed by atoms with E-state index >= 15 is 0 Å². The zero-order chi connectivity index (χ0) is 6.08. The highest BCUT2D eigenvalue weighted by molar-refractivity contribution is 6.43. The molecule has 2 heteroatoms. The molecule has 0 saturated heterocycles. The molecule has 4 heavy (non-hydrogen) atoms. The van der Waals surface area contributed by atoms with Crippen molar-refractivity contribution in [3.05, 3.63) is 0 Å². The molecule has 0 aromatic heterocycles. The minimum Gasteiger partial charge on any atom is -0.106 e. The normalized spacial score (nSPS) is 23.2. The Morgan fingerprint density at radius 2 is 2.25 bits per heavy atom. The fourth-order valence-electron chi connectivity index (χ4n) is 0. The number of hydrogen-bond donors (Lipinski definition) is 0. The second kappa shape index (κ2) is 1.86. The molecule has 0 saturated carbocycles. The summed E-state index contributed by atoms with van der Waals surface area (Å²) in [6, 6.07) is 0. The van der Waals surface area contributed by atoms with Gasteiger partial charge in [-0.1, -0.05) is 0 Å². The van der Waals surface area contributed by atoms with Gasteiger partial charge in [0.15, 0.2) is 0 Å². The third kappa shape index (κ3) is 19.1. The van der Waals surface area contributed by atoms with Gasteiger partial charge in [-0.15, -0.1) is 23.2 Å². The lowest BCUT2D eigenvalue weighted by molar-refractivity contribution is 1.39. The first kappa shape index (κ1) is 1.36. The van der Waals surface area contributed by atoms with Gasteiger partial charge in [-0.3, -0.25) is 0 Å². The van der Waals surface area contributed by atoms with Crippen LogP contribution in [-0.2, 0) is 0 Å². The quantitative estimate of drug-likeness (QED) is 0.409. The van der Waals surface area contributed by atoms with Gasteiger partial charge in [0, 0.05) is 4.11 Å². The number of rotatable bonds is 0. The summed E-state index contributed by atoms with van der Waals surface area (Å²) in [4.78, 5) is -1.26. The van der Waals surface area contributed by atoms with Gasteiger partial charge in [-0.25, -0.2) is 0 Å². The SMILES string of the molecule is [2H]C([2H])([2H])C(Cl)Cl. The van der Waals surface area contributed by atoms with E-state index in [4.69, 9.17) is 27.3 Å². The molecule has 0 amide bonds. The van der Waals surface area contributed by atoms with Crippen molar-refractivity contribution in [1.29, 1.82) is 0 Å². The lowest BCUT2D eigenvalue weighted by Crippen LogP contribution is -1.63. The monoisotopic (exact) mass is 101 g/mol. The maximum Gasteiger partial charge on any atom is 0.105 e. The van der Waals surface area contributed by atoms with Crippen LogP contribution in [0.5, 0.6) is 0 Å². The minimum atomic E-state index is -2.22. The van der Waals surface area contributed by atoms with E-state index in [1.54, 1.807) is 0 Å². The van der Waals surface area contributed by atoms with Crippen LogP contribution in [0, 0.1) is 0 Å². The van der Waals surface area contributed by atoms with Crippen molar-refractivity contribution in [3.63, 3.8) is 0 Å². The molecule has 0 unspecified atom stereocenters. The maximum absolute atomic E-state index is 6.46. The molecule has 0 aromatic carbocycles. The van der Waals surface area contributed by atoms with Crippen LogP contribution in [0.15, 0.2) is 0 Å². The summed E-state index contributed by atoms with van der Waals surface area (Å²) in [7, 11) is 0. The van der Waals surface area contributed by atoms with Crippen molar-refractivity contribution in [1.82, 2.24) is 0 Å². The molecule has 0 fully saturated rings. The average molecular weight is 102 g/mol. The Hall–Kier alpha value is 0.580. The topological polar surface area (TPSA) is 0 Å². The predicted molar refractivity (Wildman–Crippen MR) is 21.2 cm³/mol. The van der Waals surface area contributed by atoms with Crippen LogP contribution < -0.4 is 0 Å². The molecule has 0 bridgehead atoms. The molecule has 0 N–H and O–H groups in total. The van der Waals surface area contributed by atoms with E-state index in [1.807, 2.05) is 0 Å². The smallest absolute Gasteiger partial charge is 0.105 e. The Morgan fingerprint density at radius 3 is 2.25 bits per heavy atom. The molecule has 0 aliphatic heterocycles. The first-order chi connectivity index (χ1) is 2.94. The summed E-state index contributed by atoms with van der Waals surface area (Å²) < 4.78 is 19.4. The molecule has 0 aliphatic carbocycles. The molecule has 26 valence electrons. The molecule has 0 atom stereocenters. The zero-order valence-electron chi connectivity index (χ0n) is 4.83. The number of halogens is 2. The summed E-state index contributed by atoms with van der Waals surface area (Å²) in [6.07, 6.45) is 0. The van der Waals surface area contributed by atoms with E-state index in [9.17, 15) is 0 Å². The van der Waals surface area contributed by atoms with Gasteiger partial charge in [0.05, 0.1) is 0 Å². The largest absolute Gasteiger partial charge is 0.106 e. The zero-order valence-corrected chi connectivity index (χ0v) is 3.35. The third-order valence-electron chi connectivity index (χ3n) is 0. The molecule has 0 aromatic rings. The Balaban J connectivity index is 3.54. The third-order valence-corrected chi connectivity index (χ3v) is 0. The van der Waals surface area contributed by atoms with Gasteiger partial charge >= 0.3 is 0 Å². The standard InChI is InChI=1S/C2H4Cl2/c1-2(3)4/h2H,1H3/i1D3. The minimum absolute atomic E-state index is 1.26. The van der Waals surface area contributed by atoms with E-state index in [0.717, 1.165) is 0 Å². The van der Waals surface area contributed by atoms with Crippen LogP contribution >= 0.6 is 23.2 Å². The highest BCUT2D eigenvalue weighted by atomic mass is 35.5. The van der Waals surface area contributed by atoms with Crippen molar-refractivity contribution in [2.75, 3.05) is 0 Å². The summed E-state index contributed by atoms with van der Waals surface area (Å²) in [5, 5.41) is 0. The fourth-order valence-corrected chi connectivity index (χ4v) is 0. The highest BCUT2D eigenvalue weighted by Crippen LogP contribution is 1.95. The number of hydrogen-bond acceptors (Lipinski definition) is 0. The van der Waals surface area contributed by atoms with Crippen LogP contribution in [0.3, 0.4) is 0 Å². The molecule has 0 aliphatic rings. The highest BCUT2D eigenvalue weighted by Gasteiger charge is 1.75. The van der Waals surface area contributed by atoms with Crippen molar-refractivity contribution in [2.24, 2.45) is 0 Å². The van der Waals surface area contributed by atoms with Gasteiger partial charge in [0.1, 0.15) is 4.84 Å². The van der Waals surface area contributed by atoms with Crippen LogP contribution in [0.1, 0.15) is 11.0 Å². The molecule has 0 radical (unpaired) electrons. The lowest BCUT2D eigenvalue weighted by Gasteiger charge is -1.72. The van der Waals surface area contributed by atoms with E-state index in [1.165, 1.54) is 0 Å². The first-order valence-corrected chi connectivity index (χ1v) is 1.60. The summed E-state index contributed by atoms with van der Waals surface area (Å²) in [6.45, 7) is -2.22. The molecule has 0 nitrogen and oxygen atoms in total. The van der Waals surface area contributed by atoms with Crippen molar-refractivity contribution >= 4 is 23.2 Å². The summed E-state index contributed by atoms with van der Waals surface area (Å²) in [5.74, 6) is 0.